The third-order valence-electron chi connectivity index (χ3n) is 3.04. The van der Waals surface area contributed by atoms with Crippen LogP contribution in [0, 0.1) is 0 Å². The fourth-order valence-corrected chi connectivity index (χ4v) is 2.90. The molecule has 1 aliphatic rings. The lowest BCUT2D eigenvalue weighted by molar-refractivity contribution is -0.121. The SMILES string of the molecule is CCC(C)(C)NC(=O)CNCC1CCCS1. The fourth-order valence-electron chi connectivity index (χ4n) is 1.66. The van der Waals surface area contributed by atoms with Crippen molar-refractivity contribution in [3.05, 3.63) is 0 Å². The van der Waals surface area contributed by atoms with Crippen LogP contribution in [-0.2, 0) is 4.79 Å². The van der Waals surface area contributed by atoms with Crippen LogP contribution in [0.15, 0.2) is 0 Å². The first-order valence-electron chi connectivity index (χ1n) is 6.17. The zero-order valence-electron chi connectivity index (χ0n) is 10.6. The van der Waals surface area contributed by atoms with Crippen LogP contribution in [0.3, 0.4) is 0 Å². The van der Waals surface area contributed by atoms with Crippen molar-refractivity contribution in [2.75, 3.05) is 18.8 Å². The summed E-state index contributed by atoms with van der Waals surface area (Å²) in [4.78, 5) is 11.6. The van der Waals surface area contributed by atoms with Gasteiger partial charge in [0.1, 0.15) is 0 Å². The molecule has 16 heavy (non-hydrogen) atoms. The molecular formula is C12H24N2OS. The van der Waals surface area contributed by atoms with E-state index in [0.29, 0.717) is 11.8 Å². The van der Waals surface area contributed by atoms with Gasteiger partial charge < -0.3 is 10.6 Å². The van der Waals surface area contributed by atoms with Crippen molar-refractivity contribution in [2.24, 2.45) is 0 Å². The molecule has 0 aromatic rings. The summed E-state index contributed by atoms with van der Waals surface area (Å²) in [5.74, 6) is 1.39. The standard InChI is InChI=1S/C12H24N2OS/c1-4-12(2,3)14-11(15)9-13-8-10-6-5-7-16-10/h10,13H,4-9H2,1-3H3,(H,14,15). The maximum absolute atomic E-state index is 11.6. The quantitative estimate of drug-likeness (QED) is 0.748. The lowest BCUT2D eigenvalue weighted by atomic mass is 10.0. The van der Waals surface area contributed by atoms with Gasteiger partial charge in [-0.3, -0.25) is 4.79 Å². The maximum atomic E-state index is 11.6. The second-order valence-electron chi connectivity index (χ2n) is 5.05. The van der Waals surface area contributed by atoms with E-state index in [1.807, 2.05) is 11.8 Å². The first-order chi connectivity index (χ1) is 7.53. The van der Waals surface area contributed by atoms with Gasteiger partial charge >= 0.3 is 0 Å². The molecule has 0 saturated carbocycles. The van der Waals surface area contributed by atoms with E-state index in [2.05, 4.69) is 31.4 Å². The number of hydrogen-bond acceptors (Lipinski definition) is 3. The van der Waals surface area contributed by atoms with Gasteiger partial charge in [0.05, 0.1) is 6.54 Å². The molecule has 1 saturated heterocycles. The molecular weight excluding hydrogens is 220 g/mol. The van der Waals surface area contributed by atoms with E-state index in [1.54, 1.807) is 0 Å². The number of hydrogen-bond donors (Lipinski definition) is 2. The molecule has 0 radical (unpaired) electrons. The van der Waals surface area contributed by atoms with Crippen LogP contribution in [0.5, 0.6) is 0 Å². The molecule has 3 nitrogen and oxygen atoms in total. The summed E-state index contributed by atoms with van der Waals surface area (Å²) in [6.07, 6.45) is 3.57. The third kappa shape index (κ3) is 5.21. The van der Waals surface area contributed by atoms with Crippen molar-refractivity contribution in [3.63, 3.8) is 0 Å². The highest BCUT2D eigenvalue weighted by Crippen LogP contribution is 2.25. The van der Waals surface area contributed by atoms with E-state index in [0.717, 1.165) is 13.0 Å². The summed E-state index contributed by atoms with van der Waals surface area (Å²) < 4.78 is 0. The highest BCUT2D eigenvalue weighted by Gasteiger charge is 2.18. The van der Waals surface area contributed by atoms with Crippen molar-refractivity contribution in [1.29, 1.82) is 0 Å². The maximum Gasteiger partial charge on any atom is 0.234 e. The summed E-state index contributed by atoms with van der Waals surface area (Å²) in [6.45, 7) is 7.60. The van der Waals surface area contributed by atoms with Crippen LogP contribution in [0.4, 0.5) is 0 Å². The van der Waals surface area contributed by atoms with Gasteiger partial charge in [-0.2, -0.15) is 11.8 Å². The number of carbonyl (C=O) groups is 1. The van der Waals surface area contributed by atoms with Crippen LogP contribution < -0.4 is 10.6 Å². The molecule has 2 N–H and O–H groups in total. The largest absolute Gasteiger partial charge is 0.350 e. The van der Waals surface area contributed by atoms with Gasteiger partial charge in [-0.25, -0.2) is 0 Å². The molecule has 1 rings (SSSR count). The van der Waals surface area contributed by atoms with Crippen molar-refractivity contribution >= 4 is 17.7 Å². The molecule has 1 heterocycles. The molecule has 94 valence electrons. The van der Waals surface area contributed by atoms with Gasteiger partial charge in [-0.15, -0.1) is 0 Å². The van der Waals surface area contributed by atoms with Crippen LogP contribution in [0.1, 0.15) is 40.0 Å². The minimum absolute atomic E-state index is 0.0825. The molecule has 1 amide bonds. The Hall–Kier alpha value is -0.220. The second-order valence-corrected chi connectivity index (χ2v) is 6.46. The molecule has 0 aromatic carbocycles. The number of amides is 1. The summed E-state index contributed by atoms with van der Waals surface area (Å²) >= 11 is 2.02. The highest BCUT2D eigenvalue weighted by atomic mass is 32.2. The van der Waals surface area contributed by atoms with Crippen molar-refractivity contribution in [1.82, 2.24) is 10.6 Å². The predicted octanol–water partition coefficient (Wildman–Crippen LogP) is 1.78. The Morgan fingerprint density at radius 2 is 2.25 bits per heavy atom. The number of carbonyl (C=O) groups excluding carboxylic acids is 1. The van der Waals surface area contributed by atoms with Gasteiger partial charge in [0, 0.05) is 17.3 Å². The van der Waals surface area contributed by atoms with Crippen molar-refractivity contribution in [3.8, 4) is 0 Å². The van der Waals surface area contributed by atoms with Gasteiger partial charge in [0.25, 0.3) is 0 Å². The topological polar surface area (TPSA) is 41.1 Å². The van der Waals surface area contributed by atoms with Gasteiger partial charge in [-0.1, -0.05) is 6.92 Å². The molecule has 1 aliphatic heterocycles. The predicted molar refractivity (Wildman–Crippen MR) is 70.9 cm³/mol. The van der Waals surface area contributed by atoms with Crippen molar-refractivity contribution in [2.45, 2.75) is 50.8 Å². The molecule has 0 bridgehead atoms. The molecule has 4 heteroatoms. The van der Waals surface area contributed by atoms with Gasteiger partial charge in [0.15, 0.2) is 0 Å². The molecule has 1 atom stereocenters. The van der Waals surface area contributed by atoms with E-state index in [1.165, 1.54) is 18.6 Å². The number of rotatable bonds is 6. The molecule has 0 spiro atoms. The Kier molecular flexibility index (Phi) is 5.62. The summed E-state index contributed by atoms with van der Waals surface area (Å²) in [5, 5.41) is 6.98. The summed E-state index contributed by atoms with van der Waals surface area (Å²) in [6, 6.07) is 0. The van der Waals surface area contributed by atoms with Crippen LogP contribution in [-0.4, -0.2) is 35.5 Å². The van der Waals surface area contributed by atoms with Crippen LogP contribution in [0.2, 0.25) is 0 Å². The van der Waals surface area contributed by atoms with E-state index in [9.17, 15) is 4.79 Å². The minimum atomic E-state index is -0.0825. The van der Waals surface area contributed by atoms with Crippen LogP contribution >= 0.6 is 11.8 Å². The second kappa shape index (κ2) is 6.50. The Morgan fingerprint density at radius 3 is 2.81 bits per heavy atom. The smallest absolute Gasteiger partial charge is 0.234 e. The summed E-state index contributed by atoms with van der Waals surface area (Å²) in [5.41, 5.74) is -0.0825. The van der Waals surface area contributed by atoms with Crippen LogP contribution in [0.25, 0.3) is 0 Å². The monoisotopic (exact) mass is 244 g/mol. The molecule has 0 aromatic heterocycles. The zero-order chi connectivity index (χ0) is 12.0. The highest BCUT2D eigenvalue weighted by molar-refractivity contribution is 8.00. The van der Waals surface area contributed by atoms with E-state index in [-0.39, 0.29) is 11.4 Å². The number of nitrogens with one attached hydrogen (secondary N) is 2. The lowest BCUT2D eigenvalue weighted by Gasteiger charge is -2.24. The van der Waals surface area contributed by atoms with Gasteiger partial charge in [-0.05, 0) is 38.9 Å². The molecule has 1 fully saturated rings. The Balaban J connectivity index is 2.10. The lowest BCUT2D eigenvalue weighted by Crippen LogP contribution is -2.47. The van der Waals surface area contributed by atoms with E-state index < -0.39 is 0 Å². The minimum Gasteiger partial charge on any atom is -0.350 e. The first kappa shape index (κ1) is 13.8. The zero-order valence-corrected chi connectivity index (χ0v) is 11.5. The first-order valence-corrected chi connectivity index (χ1v) is 7.22. The average molecular weight is 244 g/mol. The fraction of sp³-hybridized carbons (Fsp3) is 0.917. The Labute approximate surface area is 103 Å². The van der Waals surface area contributed by atoms with E-state index in [4.69, 9.17) is 0 Å². The summed E-state index contributed by atoms with van der Waals surface area (Å²) in [7, 11) is 0. The molecule has 1 unspecified atom stereocenters. The van der Waals surface area contributed by atoms with Crippen molar-refractivity contribution < 1.29 is 4.79 Å². The molecule has 0 aliphatic carbocycles. The van der Waals surface area contributed by atoms with E-state index >= 15 is 0 Å². The Bertz CT molecular complexity index is 225. The van der Waals surface area contributed by atoms with Gasteiger partial charge in [0.2, 0.25) is 5.91 Å². The number of thioether (sulfide) groups is 1. The third-order valence-corrected chi connectivity index (χ3v) is 4.44. The normalized spacial score (nSPS) is 21.1. The average Bonchev–Trinajstić information content (AvgIpc) is 2.70. The Morgan fingerprint density at radius 1 is 1.50 bits per heavy atom.